The fraction of sp³-hybridized carbons (Fsp3) is 0.333. The fourth-order valence-corrected chi connectivity index (χ4v) is 3.58. The zero-order chi connectivity index (χ0) is 20.0. The molecule has 0 fully saturated rings. The number of aryl methyl sites for hydroxylation is 1. The van der Waals surface area contributed by atoms with Gasteiger partial charge in [-0.3, -0.25) is 9.59 Å². The first kappa shape index (κ1) is 21.3. The average molecular weight is 407 g/mol. The standard InChI is InChI=1S/C21H24Cl2N2O2/c1-4-19(21(27)24-3)25(13-15-8-5-7-14(2)11-15)20(26)12-16-17(22)9-6-10-18(16)23/h5-11,19H,4,12-13H2,1-3H3,(H,24,27)/t19-/m1/s1. The minimum atomic E-state index is -0.565. The lowest BCUT2D eigenvalue weighted by Gasteiger charge is -2.30. The molecule has 0 aliphatic carbocycles. The Balaban J connectivity index is 2.35. The van der Waals surface area contributed by atoms with Crippen molar-refractivity contribution in [2.75, 3.05) is 7.05 Å². The predicted octanol–water partition coefficient (Wildman–Crippen LogP) is 4.40. The average Bonchev–Trinajstić information content (AvgIpc) is 2.64. The van der Waals surface area contributed by atoms with Crippen LogP contribution in [0.5, 0.6) is 0 Å². The van der Waals surface area contributed by atoms with Crippen molar-refractivity contribution in [3.8, 4) is 0 Å². The highest BCUT2D eigenvalue weighted by Crippen LogP contribution is 2.26. The van der Waals surface area contributed by atoms with Gasteiger partial charge in [0.05, 0.1) is 6.42 Å². The number of halogens is 2. The molecule has 0 saturated carbocycles. The van der Waals surface area contributed by atoms with Gasteiger partial charge in [0.2, 0.25) is 11.8 Å². The van der Waals surface area contributed by atoms with Crippen molar-refractivity contribution in [1.29, 1.82) is 0 Å². The number of carbonyl (C=O) groups is 2. The number of hydrogen-bond donors (Lipinski definition) is 1. The molecule has 0 heterocycles. The Hall–Kier alpha value is -2.04. The summed E-state index contributed by atoms with van der Waals surface area (Å²) in [6.45, 7) is 4.22. The summed E-state index contributed by atoms with van der Waals surface area (Å²) in [4.78, 5) is 27.1. The molecule has 0 unspecified atom stereocenters. The monoisotopic (exact) mass is 406 g/mol. The second-order valence-electron chi connectivity index (χ2n) is 6.43. The van der Waals surface area contributed by atoms with E-state index in [9.17, 15) is 9.59 Å². The van der Waals surface area contributed by atoms with E-state index in [1.54, 1.807) is 30.1 Å². The van der Waals surface area contributed by atoms with Gasteiger partial charge in [0.15, 0.2) is 0 Å². The number of nitrogens with zero attached hydrogens (tertiary/aromatic N) is 1. The maximum absolute atomic E-state index is 13.2. The lowest BCUT2D eigenvalue weighted by atomic mass is 10.1. The van der Waals surface area contributed by atoms with Crippen molar-refractivity contribution in [3.05, 3.63) is 69.2 Å². The second kappa shape index (κ2) is 9.77. The molecule has 0 radical (unpaired) electrons. The molecule has 0 aliphatic heterocycles. The number of hydrogen-bond acceptors (Lipinski definition) is 2. The minimum Gasteiger partial charge on any atom is -0.357 e. The molecule has 6 heteroatoms. The van der Waals surface area contributed by atoms with Gasteiger partial charge in [0.1, 0.15) is 6.04 Å². The number of benzene rings is 2. The molecule has 144 valence electrons. The smallest absolute Gasteiger partial charge is 0.242 e. The summed E-state index contributed by atoms with van der Waals surface area (Å²) in [6, 6.07) is 12.5. The SMILES string of the molecule is CC[C@H](C(=O)NC)N(Cc1cccc(C)c1)C(=O)Cc1c(Cl)cccc1Cl. The molecule has 0 bridgehead atoms. The largest absolute Gasteiger partial charge is 0.357 e. The summed E-state index contributed by atoms with van der Waals surface area (Å²) < 4.78 is 0. The van der Waals surface area contributed by atoms with E-state index in [0.29, 0.717) is 28.6 Å². The Labute approximate surface area is 170 Å². The van der Waals surface area contributed by atoms with Gasteiger partial charge in [-0.05, 0) is 36.6 Å². The first-order chi connectivity index (χ1) is 12.9. The molecule has 4 nitrogen and oxygen atoms in total. The summed E-state index contributed by atoms with van der Waals surface area (Å²) in [5, 5.41) is 3.54. The van der Waals surface area contributed by atoms with Crippen LogP contribution in [0.1, 0.15) is 30.0 Å². The Morgan fingerprint density at radius 3 is 2.30 bits per heavy atom. The molecule has 0 aromatic heterocycles. The summed E-state index contributed by atoms with van der Waals surface area (Å²) in [7, 11) is 1.57. The number of likely N-dealkylation sites (N-methyl/N-ethyl adjacent to an activating group) is 1. The van der Waals surface area contributed by atoms with Gasteiger partial charge in [-0.1, -0.05) is 66.0 Å². The summed E-state index contributed by atoms with van der Waals surface area (Å²) in [5.41, 5.74) is 2.64. The van der Waals surface area contributed by atoms with Gasteiger partial charge in [-0.15, -0.1) is 0 Å². The van der Waals surface area contributed by atoms with Crippen molar-refractivity contribution >= 4 is 35.0 Å². The molecule has 1 N–H and O–H groups in total. The van der Waals surface area contributed by atoms with Crippen LogP contribution in [0.25, 0.3) is 0 Å². The second-order valence-corrected chi connectivity index (χ2v) is 7.24. The van der Waals surface area contributed by atoms with Gasteiger partial charge in [-0.2, -0.15) is 0 Å². The van der Waals surface area contributed by atoms with Crippen molar-refractivity contribution in [1.82, 2.24) is 10.2 Å². The first-order valence-electron chi connectivity index (χ1n) is 8.86. The van der Waals surface area contributed by atoms with Crippen LogP contribution in [0, 0.1) is 6.92 Å². The van der Waals surface area contributed by atoms with Gasteiger partial charge >= 0.3 is 0 Å². The van der Waals surface area contributed by atoms with Crippen LogP contribution in [0.4, 0.5) is 0 Å². The third-order valence-electron chi connectivity index (χ3n) is 4.46. The zero-order valence-electron chi connectivity index (χ0n) is 15.8. The number of rotatable bonds is 7. The van der Waals surface area contributed by atoms with Crippen molar-refractivity contribution in [2.24, 2.45) is 0 Å². The molecule has 0 saturated heterocycles. The van der Waals surface area contributed by atoms with Gasteiger partial charge in [-0.25, -0.2) is 0 Å². The van der Waals surface area contributed by atoms with E-state index in [4.69, 9.17) is 23.2 Å². The molecule has 2 aromatic carbocycles. The maximum atomic E-state index is 13.2. The van der Waals surface area contributed by atoms with Crippen LogP contribution < -0.4 is 5.32 Å². The van der Waals surface area contributed by atoms with Crippen LogP contribution in [-0.4, -0.2) is 29.8 Å². The molecule has 27 heavy (non-hydrogen) atoms. The molecule has 1 atom stereocenters. The molecular formula is C21H24Cl2N2O2. The van der Waals surface area contributed by atoms with Crippen LogP contribution in [0.3, 0.4) is 0 Å². The molecule has 0 aliphatic rings. The maximum Gasteiger partial charge on any atom is 0.242 e. The Kier molecular flexibility index (Phi) is 7.69. The normalized spacial score (nSPS) is 11.7. The van der Waals surface area contributed by atoms with Crippen LogP contribution in [0.2, 0.25) is 10.0 Å². The summed E-state index contributed by atoms with van der Waals surface area (Å²) in [5.74, 6) is -0.384. The van der Waals surface area contributed by atoms with E-state index in [1.807, 2.05) is 38.1 Å². The molecule has 0 spiro atoms. The van der Waals surface area contributed by atoms with Crippen LogP contribution in [0.15, 0.2) is 42.5 Å². The van der Waals surface area contributed by atoms with E-state index >= 15 is 0 Å². The molecule has 2 amide bonds. The third kappa shape index (κ3) is 5.47. The highest BCUT2D eigenvalue weighted by atomic mass is 35.5. The topological polar surface area (TPSA) is 49.4 Å². The predicted molar refractivity (Wildman–Crippen MR) is 110 cm³/mol. The van der Waals surface area contributed by atoms with Crippen molar-refractivity contribution < 1.29 is 9.59 Å². The first-order valence-corrected chi connectivity index (χ1v) is 9.62. The Morgan fingerprint density at radius 1 is 1.11 bits per heavy atom. The minimum absolute atomic E-state index is 0.0395. The van der Waals surface area contributed by atoms with E-state index in [1.165, 1.54) is 0 Å². The molecule has 2 aromatic rings. The third-order valence-corrected chi connectivity index (χ3v) is 5.17. The molecular weight excluding hydrogens is 383 g/mol. The van der Waals surface area contributed by atoms with E-state index in [0.717, 1.165) is 11.1 Å². The number of amides is 2. The summed E-state index contributed by atoms with van der Waals surface area (Å²) in [6.07, 6.45) is 0.547. The Bertz CT molecular complexity index is 803. The highest BCUT2D eigenvalue weighted by Gasteiger charge is 2.28. The van der Waals surface area contributed by atoms with E-state index in [2.05, 4.69) is 5.32 Å². The quantitative estimate of drug-likeness (QED) is 0.740. The number of nitrogens with one attached hydrogen (secondary N) is 1. The van der Waals surface area contributed by atoms with E-state index < -0.39 is 6.04 Å². The van der Waals surface area contributed by atoms with Gasteiger partial charge in [0.25, 0.3) is 0 Å². The van der Waals surface area contributed by atoms with Gasteiger partial charge in [0, 0.05) is 23.6 Å². The van der Waals surface area contributed by atoms with Gasteiger partial charge < -0.3 is 10.2 Å². The lowest BCUT2D eigenvalue weighted by Crippen LogP contribution is -2.48. The van der Waals surface area contributed by atoms with Crippen LogP contribution in [-0.2, 0) is 22.6 Å². The van der Waals surface area contributed by atoms with Crippen molar-refractivity contribution in [2.45, 2.75) is 39.3 Å². The number of carbonyl (C=O) groups excluding carboxylic acids is 2. The van der Waals surface area contributed by atoms with E-state index in [-0.39, 0.29) is 18.2 Å². The lowest BCUT2D eigenvalue weighted by molar-refractivity contribution is -0.140. The Morgan fingerprint density at radius 2 is 1.74 bits per heavy atom. The van der Waals surface area contributed by atoms with Crippen LogP contribution >= 0.6 is 23.2 Å². The fourth-order valence-electron chi connectivity index (χ4n) is 3.05. The highest BCUT2D eigenvalue weighted by molar-refractivity contribution is 6.36. The molecule has 2 rings (SSSR count). The zero-order valence-corrected chi connectivity index (χ0v) is 17.3. The summed E-state index contributed by atoms with van der Waals surface area (Å²) >= 11 is 12.5. The van der Waals surface area contributed by atoms with Crippen molar-refractivity contribution in [3.63, 3.8) is 0 Å².